The zero-order valence-electron chi connectivity index (χ0n) is 17.8. The highest BCUT2D eigenvalue weighted by Crippen LogP contribution is 2.39. The van der Waals surface area contributed by atoms with Gasteiger partial charge in [0, 0.05) is 30.1 Å². The predicted molar refractivity (Wildman–Crippen MR) is 122 cm³/mol. The van der Waals surface area contributed by atoms with Crippen molar-refractivity contribution in [1.29, 1.82) is 0 Å². The molecule has 1 aromatic heterocycles. The second-order valence-corrected chi connectivity index (χ2v) is 7.25. The monoisotopic (exact) mass is 416 g/mol. The number of allylic oxidation sites excluding steroid dienone is 1. The van der Waals surface area contributed by atoms with E-state index in [-0.39, 0.29) is 5.82 Å². The zero-order chi connectivity index (χ0) is 21.6. The number of aromatic nitrogens is 1. The standard InChI is InChI=1S/C26H25FN2O2/c1-3-31-24-10-4-9-22(27)25(24)21-16-18(11-12-23(21)30-2)15-19-7-6-14-29-26(19)20-8-5-13-28-17-20/h4-5,8-13,15-17H,3,6-7,14H2,1-2H3/b19-15-. The maximum atomic E-state index is 14.9. The SMILES string of the molecule is CCOc1cccc(F)c1-c1cc(/C=C2/CCCN=C2c2cccnc2)ccc1OC. The Hall–Kier alpha value is -3.47. The number of hydrogen-bond acceptors (Lipinski definition) is 4. The molecule has 0 aliphatic carbocycles. The minimum absolute atomic E-state index is 0.343. The van der Waals surface area contributed by atoms with Crippen LogP contribution in [0.4, 0.5) is 4.39 Å². The van der Waals surface area contributed by atoms with E-state index in [0.717, 1.165) is 41.8 Å². The van der Waals surface area contributed by atoms with Crippen LogP contribution in [0.1, 0.15) is 30.9 Å². The molecule has 0 saturated heterocycles. The van der Waals surface area contributed by atoms with Crippen molar-refractivity contribution >= 4 is 11.8 Å². The summed E-state index contributed by atoms with van der Waals surface area (Å²) in [6.07, 6.45) is 7.65. The Morgan fingerprint density at radius 2 is 2.00 bits per heavy atom. The van der Waals surface area contributed by atoms with Crippen LogP contribution in [0.2, 0.25) is 0 Å². The number of hydrogen-bond donors (Lipinski definition) is 0. The van der Waals surface area contributed by atoms with Crippen molar-refractivity contribution in [2.24, 2.45) is 4.99 Å². The smallest absolute Gasteiger partial charge is 0.134 e. The third kappa shape index (κ3) is 4.50. The van der Waals surface area contributed by atoms with Crippen LogP contribution in [0.3, 0.4) is 0 Å². The van der Waals surface area contributed by atoms with Gasteiger partial charge in [-0.3, -0.25) is 9.98 Å². The van der Waals surface area contributed by atoms with E-state index in [1.54, 1.807) is 25.4 Å². The van der Waals surface area contributed by atoms with Gasteiger partial charge in [0.2, 0.25) is 0 Å². The van der Waals surface area contributed by atoms with Gasteiger partial charge in [0.15, 0.2) is 0 Å². The van der Waals surface area contributed by atoms with Crippen molar-refractivity contribution in [1.82, 2.24) is 4.98 Å². The van der Waals surface area contributed by atoms with Crippen molar-refractivity contribution in [3.05, 3.63) is 83.4 Å². The van der Waals surface area contributed by atoms with Gasteiger partial charge in [-0.25, -0.2) is 4.39 Å². The Labute approximate surface area is 182 Å². The number of aliphatic imine (C=N–C) groups is 1. The number of rotatable bonds is 6. The molecule has 4 nitrogen and oxygen atoms in total. The van der Waals surface area contributed by atoms with Gasteiger partial charge in [-0.1, -0.05) is 12.1 Å². The third-order valence-corrected chi connectivity index (χ3v) is 5.22. The van der Waals surface area contributed by atoms with E-state index in [9.17, 15) is 4.39 Å². The molecule has 2 aromatic carbocycles. The van der Waals surface area contributed by atoms with E-state index in [1.165, 1.54) is 6.07 Å². The highest BCUT2D eigenvalue weighted by molar-refractivity contribution is 6.15. The van der Waals surface area contributed by atoms with Crippen LogP contribution < -0.4 is 9.47 Å². The lowest BCUT2D eigenvalue weighted by Gasteiger charge is -2.17. The van der Waals surface area contributed by atoms with Crippen molar-refractivity contribution in [2.45, 2.75) is 19.8 Å². The molecule has 0 atom stereocenters. The summed E-state index contributed by atoms with van der Waals surface area (Å²) in [5.74, 6) is 0.753. The maximum Gasteiger partial charge on any atom is 0.134 e. The van der Waals surface area contributed by atoms with E-state index in [4.69, 9.17) is 14.5 Å². The third-order valence-electron chi connectivity index (χ3n) is 5.22. The number of nitrogens with zero attached hydrogens (tertiary/aromatic N) is 2. The Morgan fingerprint density at radius 3 is 2.77 bits per heavy atom. The van der Waals surface area contributed by atoms with Crippen LogP contribution in [0.5, 0.6) is 11.5 Å². The Morgan fingerprint density at radius 1 is 1.10 bits per heavy atom. The number of methoxy groups -OCH3 is 1. The molecule has 0 amide bonds. The zero-order valence-corrected chi connectivity index (χ0v) is 17.8. The van der Waals surface area contributed by atoms with E-state index >= 15 is 0 Å². The molecule has 0 saturated carbocycles. The van der Waals surface area contributed by atoms with Crippen molar-refractivity contribution in [3.8, 4) is 22.6 Å². The number of ether oxygens (including phenoxy) is 2. The van der Waals surface area contributed by atoms with Crippen LogP contribution in [0.25, 0.3) is 17.2 Å². The summed E-state index contributed by atoms with van der Waals surface area (Å²) >= 11 is 0. The second kappa shape index (κ2) is 9.56. The lowest BCUT2D eigenvalue weighted by molar-refractivity contribution is 0.339. The Balaban J connectivity index is 1.80. The summed E-state index contributed by atoms with van der Waals surface area (Å²) in [7, 11) is 1.59. The van der Waals surface area contributed by atoms with Crippen LogP contribution in [0.15, 0.2) is 71.5 Å². The Bertz CT molecular complexity index is 1120. The Kier molecular flexibility index (Phi) is 6.41. The molecule has 0 radical (unpaired) electrons. The fourth-order valence-corrected chi connectivity index (χ4v) is 3.85. The van der Waals surface area contributed by atoms with E-state index in [1.807, 2.05) is 43.5 Å². The molecule has 5 heteroatoms. The molecular weight excluding hydrogens is 391 g/mol. The first-order chi connectivity index (χ1) is 15.2. The van der Waals surface area contributed by atoms with Gasteiger partial charge >= 0.3 is 0 Å². The molecule has 1 aliphatic rings. The molecule has 2 heterocycles. The maximum absolute atomic E-state index is 14.9. The van der Waals surface area contributed by atoms with Crippen LogP contribution in [-0.2, 0) is 0 Å². The fraction of sp³-hybridized carbons (Fsp3) is 0.231. The topological polar surface area (TPSA) is 43.7 Å². The normalized spacial score (nSPS) is 14.9. The molecule has 0 unspecified atom stereocenters. The van der Waals surface area contributed by atoms with E-state index < -0.39 is 0 Å². The molecule has 1 aliphatic heterocycles. The molecule has 0 N–H and O–H groups in total. The largest absolute Gasteiger partial charge is 0.496 e. The van der Waals surface area contributed by atoms with Crippen molar-refractivity contribution in [3.63, 3.8) is 0 Å². The highest BCUT2D eigenvalue weighted by atomic mass is 19.1. The lowest BCUT2D eigenvalue weighted by atomic mass is 9.93. The second-order valence-electron chi connectivity index (χ2n) is 7.25. The lowest BCUT2D eigenvalue weighted by Crippen LogP contribution is -2.11. The molecule has 0 bridgehead atoms. The van der Waals surface area contributed by atoms with Gasteiger partial charge in [-0.2, -0.15) is 0 Å². The number of halogens is 1. The van der Waals surface area contributed by atoms with Gasteiger partial charge in [0.1, 0.15) is 17.3 Å². The average molecular weight is 416 g/mol. The van der Waals surface area contributed by atoms with Crippen LogP contribution in [0, 0.1) is 5.82 Å². The number of pyridine rings is 1. The number of benzene rings is 2. The minimum Gasteiger partial charge on any atom is -0.496 e. The summed E-state index contributed by atoms with van der Waals surface area (Å²) < 4.78 is 26.1. The fourth-order valence-electron chi connectivity index (χ4n) is 3.85. The van der Waals surface area contributed by atoms with Gasteiger partial charge in [0.05, 0.1) is 25.0 Å². The summed E-state index contributed by atoms with van der Waals surface area (Å²) in [6, 6.07) is 14.6. The van der Waals surface area contributed by atoms with Gasteiger partial charge in [-0.05, 0) is 73.4 Å². The van der Waals surface area contributed by atoms with Gasteiger partial charge < -0.3 is 9.47 Å². The highest BCUT2D eigenvalue weighted by Gasteiger charge is 2.18. The van der Waals surface area contributed by atoms with Crippen molar-refractivity contribution in [2.75, 3.05) is 20.3 Å². The van der Waals surface area contributed by atoms with Crippen LogP contribution >= 0.6 is 0 Å². The molecular formula is C26H25FN2O2. The summed E-state index contributed by atoms with van der Waals surface area (Å²) in [5.41, 5.74) is 5.15. The summed E-state index contributed by atoms with van der Waals surface area (Å²) in [6.45, 7) is 3.14. The van der Waals surface area contributed by atoms with E-state index in [2.05, 4.69) is 11.1 Å². The first kappa shape index (κ1) is 20.8. The first-order valence-electron chi connectivity index (χ1n) is 10.5. The van der Waals surface area contributed by atoms with Crippen LogP contribution in [-0.4, -0.2) is 31.0 Å². The molecule has 31 heavy (non-hydrogen) atoms. The molecule has 0 spiro atoms. The molecule has 0 fully saturated rings. The van der Waals surface area contributed by atoms with Gasteiger partial charge in [0.25, 0.3) is 0 Å². The minimum atomic E-state index is -0.343. The van der Waals surface area contributed by atoms with Gasteiger partial charge in [-0.15, -0.1) is 0 Å². The van der Waals surface area contributed by atoms with E-state index in [0.29, 0.717) is 29.2 Å². The molecule has 4 rings (SSSR count). The summed E-state index contributed by atoms with van der Waals surface area (Å²) in [5, 5.41) is 0. The first-order valence-corrected chi connectivity index (χ1v) is 10.5. The predicted octanol–water partition coefficient (Wildman–Crippen LogP) is 5.96. The quantitative estimate of drug-likeness (QED) is 0.498. The molecule has 3 aromatic rings. The summed E-state index contributed by atoms with van der Waals surface area (Å²) in [4.78, 5) is 8.98. The van der Waals surface area contributed by atoms with Crippen molar-refractivity contribution < 1.29 is 13.9 Å². The average Bonchev–Trinajstić information content (AvgIpc) is 2.80. The molecule has 158 valence electrons.